The van der Waals surface area contributed by atoms with Gasteiger partial charge in [0.25, 0.3) is 5.91 Å². The highest BCUT2D eigenvalue weighted by molar-refractivity contribution is 6.31. The van der Waals surface area contributed by atoms with Crippen molar-refractivity contribution < 1.29 is 9.21 Å². The van der Waals surface area contributed by atoms with Crippen LogP contribution >= 0.6 is 11.6 Å². The van der Waals surface area contributed by atoms with Crippen molar-refractivity contribution in [3.05, 3.63) is 75.8 Å². The predicted molar refractivity (Wildman–Crippen MR) is 91.3 cm³/mol. The molecule has 0 aliphatic carbocycles. The summed E-state index contributed by atoms with van der Waals surface area (Å²) in [5, 5.41) is 1.52. The molecule has 116 valence electrons. The maximum atomic E-state index is 12.9. The number of benzene rings is 2. The maximum absolute atomic E-state index is 12.9. The summed E-state index contributed by atoms with van der Waals surface area (Å²) in [5.41, 5.74) is 0.588. The minimum Gasteiger partial charge on any atom is -0.430 e. The number of hydrogen-bond acceptors (Lipinski definition) is 3. The van der Waals surface area contributed by atoms with Gasteiger partial charge in [-0.25, -0.2) is 4.79 Å². The molecule has 1 aromatic heterocycles. The van der Waals surface area contributed by atoms with Crippen LogP contribution in [0.5, 0.6) is 0 Å². The molecule has 4 nitrogen and oxygen atoms in total. The number of carbonyl (C=O) groups excluding carboxylic acids is 1. The number of rotatable bonds is 3. The highest BCUT2D eigenvalue weighted by atomic mass is 35.5. The summed E-state index contributed by atoms with van der Waals surface area (Å²) in [6, 6.07) is 14.0. The molecule has 0 bridgehead atoms. The highest BCUT2D eigenvalue weighted by Gasteiger charge is 2.20. The third-order valence-electron chi connectivity index (χ3n) is 3.63. The van der Waals surface area contributed by atoms with Crippen LogP contribution in [0.15, 0.2) is 64.0 Å². The second kappa shape index (κ2) is 6.26. The van der Waals surface area contributed by atoms with Crippen LogP contribution in [0.3, 0.4) is 0 Å². The van der Waals surface area contributed by atoms with Crippen molar-refractivity contribution >= 4 is 34.0 Å². The summed E-state index contributed by atoms with van der Waals surface area (Å²) >= 11 is 6.01. The van der Waals surface area contributed by atoms with Gasteiger partial charge in [-0.2, -0.15) is 0 Å². The first-order valence-corrected chi connectivity index (χ1v) is 7.57. The maximum Gasteiger partial charge on any atom is 0.343 e. The Bertz CT molecular complexity index is 933. The monoisotopic (exact) mass is 327 g/mol. The Morgan fingerprint density at radius 1 is 1.13 bits per heavy atom. The second-order valence-electron chi connectivity index (χ2n) is 5.01. The van der Waals surface area contributed by atoms with Gasteiger partial charge in [-0.3, -0.25) is 4.79 Å². The van der Waals surface area contributed by atoms with E-state index in [9.17, 15) is 9.59 Å². The lowest BCUT2D eigenvalue weighted by Crippen LogP contribution is -2.31. The number of hydrogen-bond donors (Lipinski definition) is 0. The number of carbonyl (C=O) groups is 1. The van der Waals surface area contributed by atoms with Gasteiger partial charge in [0, 0.05) is 22.6 Å². The highest BCUT2D eigenvalue weighted by Crippen LogP contribution is 2.23. The van der Waals surface area contributed by atoms with Gasteiger partial charge in [0.2, 0.25) is 0 Å². The van der Waals surface area contributed by atoms with Crippen molar-refractivity contribution in [3.8, 4) is 0 Å². The van der Waals surface area contributed by atoms with Gasteiger partial charge in [0.05, 0.1) is 10.9 Å². The number of halogens is 1. The van der Waals surface area contributed by atoms with Gasteiger partial charge >= 0.3 is 5.63 Å². The minimum atomic E-state index is -0.456. The zero-order chi connectivity index (χ0) is 16.4. The number of nitrogens with zero attached hydrogens (tertiary/aromatic N) is 1. The fraction of sp³-hybridized carbons (Fsp3) is 0.111. The number of fused-ring (bicyclic) bond motifs is 1. The molecule has 0 N–H and O–H groups in total. The van der Waals surface area contributed by atoms with Crippen LogP contribution in [0.1, 0.15) is 17.3 Å². The normalized spacial score (nSPS) is 10.7. The van der Waals surface area contributed by atoms with E-state index in [0.29, 0.717) is 33.6 Å². The molecule has 23 heavy (non-hydrogen) atoms. The summed E-state index contributed by atoms with van der Waals surface area (Å²) in [6.45, 7) is 2.34. The van der Waals surface area contributed by atoms with E-state index in [2.05, 4.69) is 0 Å². The molecule has 0 spiro atoms. The van der Waals surface area contributed by atoms with E-state index in [1.54, 1.807) is 47.4 Å². The fourth-order valence-corrected chi connectivity index (χ4v) is 2.72. The summed E-state index contributed by atoms with van der Waals surface area (Å²) in [4.78, 5) is 26.3. The molecule has 5 heteroatoms. The average Bonchev–Trinajstić information content (AvgIpc) is 2.56. The smallest absolute Gasteiger partial charge is 0.343 e. The van der Waals surface area contributed by atoms with Crippen molar-refractivity contribution in [2.45, 2.75) is 6.92 Å². The van der Waals surface area contributed by atoms with E-state index in [0.717, 1.165) is 0 Å². The van der Waals surface area contributed by atoms with Crippen LogP contribution in [0.4, 0.5) is 5.69 Å². The van der Waals surface area contributed by atoms with E-state index >= 15 is 0 Å². The zero-order valence-electron chi connectivity index (χ0n) is 12.5. The van der Waals surface area contributed by atoms with Crippen LogP contribution in [-0.4, -0.2) is 12.5 Å². The molecule has 0 saturated heterocycles. The molecule has 3 aromatic rings. The Hall–Kier alpha value is -2.59. The van der Waals surface area contributed by atoms with Gasteiger partial charge in [0.1, 0.15) is 6.26 Å². The van der Waals surface area contributed by atoms with Gasteiger partial charge < -0.3 is 9.32 Å². The molecule has 3 rings (SSSR count). The van der Waals surface area contributed by atoms with Gasteiger partial charge in [-0.1, -0.05) is 35.9 Å². The summed E-state index contributed by atoms with van der Waals surface area (Å²) in [6.07, 6.45) is 1.22. The van der Waals surface area contributed by atoms with E-state index in [1.807, 2.05) is 13.0 Å². The zero-order valence-corrected chi connectivity index (χ0v) is 13.2. The molecule has 0 aliphatic heterocycles. The van der Waals surface area contributed by atoms with Crippen LogP contribution in [0.2, 0.25) is 5.02 Å². The van der Waals surface area contributed by atoms with Crippen molar-refractivity contribution in [3.63, 3.8) is 0 Å². The Morgan fingerprint density at radius 2 is 1.87 bits per heavy atom. The third kappa shape index (κ3) is 2.85. The Kier molecular flexibility index (Phi) is 4.17. The predicted octanol–water partition coefficient (Wildman–Crippen LogP) is 4.11. The largest absolute Gasteiger partial charge is 0.430 e. The molecule has 1 heterocycles. The fourth-order valence-electron chi connectivity index (χ4n) is 2.53. The molecule has 0 atom stereocenters. The van der Waals surface area contributed by atoms with Crippen molar-refractivity contribution in [1.82, 2.24) is 0 Å². The number of anilines is 1. The lowest BCUT2D eigenvalue weighted by Gasteiger charge is -2.21. The molecular formula is C18H14ClNO3. The van der Waals surface area contributed by atoms with Gasteiger partial charge in [0.15, 0.2) is 0 Å². The van der Waals surface area contributed by atoms with Crippen LogP contribution in [0.25, 0.3) is 10.8 Å². The summed E-state index contributed by atoms with van der Waals surface area (Å²) in [5.74, 6) is -0.241. The topological polar surface area (TPSA) is 50.5 Å². The Labute approximate surface area is 137 Å². The molecular weight excluding hydrogens is 314 g/mol. The molecule has 0 fully saturated rings. The van der Waals surface area contributed by atoms with E-state index in [1.165, 1.54) is 6.26 Å². The molecule has 2 aromatic carbocycles. The number of amides is 1. The summed E-state index contributed by atoms with van der Waals surface area (Å²) < 4.78 is 5.02. The lowest BCUT2D eigenvalue weighted by molar-refractivity contribution is 0.0988. The molecule has 1 amide bonds. The first-order valence-electron chi connectivity index (χ1n) is 7.19. The van der Waals surface area contributed by atoms with Crippen molar-refractivity contribution in [2.75, 3.05) is 11.4 Å². The quantitative estimate of drug-likeness (QED) is 0.727. The molecule has 0 radical (unpaired) electrons. The molecule has 0 aliphatic rings. The van der Waals surface area contributed by atoms with Crippen LogP contribution in [0, 0.1) is 0 Å². The average molecular weight is 328 g/mol. The molecule has 0 saturated carbocycles. The Balaban J connectivity index is 2.12. The third-order valence-corrected chi connectivity index (χ3v) is 3.87. The van der Waals surface area contributed by atoms with Crippen LogP contribution < -0.4 is 10.5 Å². The summed E-state index contributed by atoms with van der Waals surface area (Å²) in [7, 11) is 0. The molecule has 0 unspecified atom stereocenters. The Morgan fingerprint density at radius 3 is 2.57 bits per heavy atom. The van der Waals surface area contributed by atoms with Crippen LogP contribution in [-0.2, 0) is 0 Å². The van der Waals surface area contributed by atoms with Crippen molar-refractivity contribution in [2.24, 2.45) is 0 Å². The van der Waals surface area contributed by atoms with Crippen molar-refractivity contribution in [1.29, 1.82) is 0 Å². The van der Waals surface area contributed by atoms with E-state index in [4.69, 9.17) is 16.0 Å². The standard InChI is InChI=1S/C18H14ClNO3/c1-2-20(13-7-5-6-12(19)10-13)17(21)16-11-23-18(22)15-9-4-3-8-14(15)16/h3-11H,2H2,1H3. The lowest BCUT2D eigenvalue weighted by atomic mass is 10.1. The van der Waals surface area contributed by atoms with Gasteiger partial charge in [-0.15, -0.1) is 0 Å². The van der Waals surface area contributed by atoms with E-state index < -0.39 is 5.63 Å². The first-order chi connectivity index (χ1) is 11.1. The SMILES string of the molecule is CCN(C(=O)c1coc(=O)c2ccccc12)c1cccc(Cl)c1. The van der Waals surface area contributed by atoms with Gasteiger partial charge in [-0.05, 0) is 31.2 Å². The first kappa shape index (κ1) is 15.3. The minimum absolute atomic E-state index is 0.241. The van der Waals surface area contributed by atoms with E-state index in [-0.39, 0.29) is 5.91 Å². The second-order valence-corrected chi connectivity index (χ2v) is 5.45.